The lowest BCUT2D eigenvalue weighted by molar-refractivity contribution is 0.0746. The minimum Gasteiger partial charge on any atom is -0.439 e. The Balaban J connectivity index is 1.44. The number of hydrogen-bond donors (Lipinski definition) is 0. The van der Waals surface area contributed by atoms with Crippen LogP contribution in [0.1, 0.15) is 21.7 Å². The molecule has 1 aliphatic heterocycles. The molecule has 0 atom stereocenters. The monoisotopic (exact) mass is 456 g/mol. The minimum absolute atomic E-state index is 0.0939. The van der Waals surface area contributed by atoms with E-state index < -0.39 is 0 Å². The molecule has 0 saturated carbocycles. The van der Waals surface area contributed by atoms with Crippen molar-refractivity contribution in [2.75, 3.05) is 31.1 Å². The summed E-state index contributed by atoms with van der Waals surface area (Å²) < 4.78 is 5.92. The van der Waals surface area contributed by atoms with Crippen molar-refractivity contribution in [3.8, 4) is 11.6 Å². The third-order valence-electron chi connectivity index (χ3n) is 5.10. The molecule has 6 nitrogen and oxygen atoms in total. The van der Waals surface area contributed by atoms with Gasteiger partial charge in [0.2, 0.25) is 5.88 Å². The average molecular weight is 457 g/mol. The van der Waals surface area contributed by atoms with Gasteiger partial charge >= 0.3 is 0 Å². The maximum Gasteiger partial charge on any atom is 0.255 e. The first kappa shape index (κ1) is 21.4. The lowest BCUT2D eigenvalue weighted by atomic mass is 10.1. The summed E-state index contributed by atoms with van der Waals surface area (Å²) >= 11 is 12.1. The zero-order valence-corrected chi connectivity index (χ0v) is 18.8. The van der Waals surface area contributed by atoms with Crippen LogP contribution in [0.15, 0.2) is 48.5 Å². The molecule has 0 unspecified atom stereocenters. The van der Waals surface area contributed by atoms with Crippen molar-refractivity contribution in [1.82, 2.24) is 14.9 Å². The van der Waals surface area contributed by atoms with Gasteiger partial charge < -0.3 is 14.5 Å². The molecular formula is C23H22Cl2N4O2. The first-order valence-electron chi connectivity index (χ1n) is 9.98. The predicted octanol–water partition coefficient (Wildman–Crippen LogP) is 5.15. The van der Waals surface area contributed by atoms with Crippen LogP contribution < -0.4 is 9.64 Å². The molecule has 31 heavy (non-hydrogen) atoms. The fourth-order valence-corrected chi connectivity index (χ4v) is 3.93. The minimum atomic E-state index is -0.0939. The van der Waals surface area contributed by atoms with Crippen LogP contribution in [0.5, 0.6) is 11.6 Å². The van der Waals surface area contributed by atoms with E-state index in [1.54, 1.807) is 23.1 Å². The highest BCUT2D eigenvalue weighted by Crippen LogP contribution is 2.26. The fraction of sp³-hybridized carbons (Fsp3) is 0.261. The van der Waals surface area contributed by atoms with Crippen LogP contribution in [0.25, 0.3) is 0 Å². The van der Waals surface area contributed by atoms with Crippen molar-refractivity contribution in [2.45, 2.75) is 13.8 Å². The van der Waals surface area contributed by atoms with Crippen LogP contribution in [0.3, 0.4) is 0 Å². The SMILES string of the molecule is Cc1ccc(Oc2cc(N3CCN(C(=O)c4ccc(Cl)cc4Cl)CC3)nc(C)n2)cc1. The van der Waals surface area contributed by atoms with Crippen molar-refractivity contribution < 1.29 is 9.53 Å². The first-order chi connectivity index (χ1) is 14.9. The van der Waals surface area contributed by atoms with Crippen molar-refractivity contribution in [3.05, 3.63) is 75.5 Å². The van der Waals surface area contributed by atoms with Gasteiger partial charge in [-0.1, -0.05) is 40.9 Å². The number of piperazine rings is 1. The van der Waals surface area contributed by atoms with E-state index in [4.69, 9.17) is 27.9 Å². The highest BCUT2D eigenvalue weighted by molar-refractivity contribution is 6.36. The molecular weight excluding hydrogens is 435 g/mol. The highest BCUT2D eigenvalue weighted by Gasteiger charge is 2.25. The Bertz CT molecular complexity index is 1100. The van der Waals surface area contributed by atoms with Gasteiger partial charge in [-0.25, -0.2) is 4.98 Å². The van der Waals surface area contributed by atoms with Gasteiger partial charge in [0.15, 0.2) is 0 Å². The normalized spacial score (nSPS) is 13.9. The summed E-state index contributed by atoms with van der Waals surface area (Å²) in [6.45, 7) is 6.30. The summed E-state index contributed by atoms with van der Waals surface area (Å²) in [5, 5.41) is 0.874. The van der Waals surface area contributed by atoms with Gasteiger partial charge in [0.05, 0.1) is 10.6 Å². The molecule has 0 N–H and O–H groups in total. The predicted molar refractivity (Wildman–Crippen MR) is 123 cm³/mol. The molecule has 1 amide bonds. The Kier molecular flexibility index (Phi) is 6.30. The molecule has 2 heterocycles. The lowest BCUT2D eigenvalue weighted by Crippen LogP contribution is -2.49. The Morgan fingerprint density at radius 1 is 0.935 bits per heavy atom. The van der Waals surface area contributed by atoms with E-state index in [0.717, 1.165) is 11.6 Å². The second-order valence-corrected chi connectivity index (χ2v) is 8.27. The van der Waals surface area contributed by atoms with Crippen molar-refractivity contribution >= 4 is 34.9 Å². The molecule has 0 spiro atoms. The molecule has 8 heteroatoms. The van der Waals surface area contributed by atoms with Crippen LogP contribution in [0, 0.1) is 13.8 Å². The third kappa shape index (κ3) is 5.09. The Labute approximate surface area is 191 Å². The second kappa shape index (κ2) is 9.12. The molecule has 160 valence electrons. The number of hydrogen-bond acceptors (Lipinski definition) is 5. The largest absolute Gasteiger partial charge is 0.439 e. The lowest BCUT2D eigenvalue weighted by Gasteiger charge is -2.35. The number of nitrogens with zero attached hydrogens (tertiary/aromatic N) is 4. The fourth-order valence-electron chi connectivity index (χ4n) is 3.44. The second-order valence-electron chi connectivity index (χ2n) is 7.43. The quantitative estimate of drug-likeness (QED) is 0.542. The highest BCUT2D eigenvalue weighted by atomic mass is 35.5. The summed E-state index contributed by atoms with van der Waals surface area (Å²) in [4.78, 5) is 25.7. The van der Waals surface area contributed by atoms with E-state index in [-0.39, 0.29) is 5.91 Å². The number of carbonyl (C=O) groups excluding carboxylic acids is 1. The van der Waals surface area contributed by atoms with Crippen molar-refractivity contribution in [2.24, 2.45) is 0 Å². The number of amides is 1. The molecule has 2 aromatic carbocycles. The van der Waals surface area contributed by atoms with Crippen LogP contribution >= 0.6 is 23.2 Å². The number of aromatic nitrogens is 2. The summed E-state index contributed by atoms with van der Waals surface area (Å²) in [5.41, 5.74) is 1.63. The number of anilines is 1. The Morgan fingerprint density at radius 3 is 2.32 bits per heavy atom. The summed E-state index contributed by atoms with van der Waals surface area (Å²) in [5.74, 6) is 2.54. The van der Waals surface area contributed by atoms with Crippen LogP contribution in [-0.4, -0.2) is 47.0 Å². The van der Waals surface area contributed by atoms with E-state index in [1.807, 2.05) is 44.2 Å². The van der Waals surface area contributed by atoms with Crippen LogP contribution in [-0.2, 0) is 0 Å². The number of benzene rings is 2. The smallest absolute Gasteiger partial charge is 0.255 e. The van der Waals surface area contributed by atoms with Gasteiger partial charge in [-0.05, 0) is 44.2 Å². The zero-order valence-electron chi connectivity index (χ0n) is 17.3. The Hall–Kier alpha value is -2.83. The van der Waals surface area contributed by atoms with E-state index in [9.17, 15) is 4.79 Å². The van der Waals surface area contributed by atoms with Crippen molar-refractivity contribution in [1.29, 1.82) is 0 Å². The molecule has 3 aromatic rings. The first-order valence-corrected chi connectivity index (χ1v) is 10.7. The summed E-state index contributed by atoms with van der Waals surface area (Å²) in [6, 6.07) is 14.6. The molecule has 1 saturated heterocycles. The summed E-state index contributed by atoms with van der Waals surface area (Å²) in [7, 11) is 0. The van der Waals surface area contributed by atoms with Gasteiger partial charge in [-0.3, -0.25) is 4.79 Å². The van der Waals surface area contributed by atoms with E-state index in [2.05, 4.69) is 14.9 Å². The number of rotatable bonds is 4. The molecule has 4 rings (SSSR count). The topological polar surface area (TPSA) is 58.6 Å². The van der Waals surface area contributed by atoms with Gasteiger partial charge in [0.25, 0.3) is 5.91 Å². The van der Waals surface area contributed by atoms with Crippen LogP contribution in [0.2, 0.25) is 10.0 Å². The number of halogens is 2. The van der Waals surface area contributed by atoms with Crippen molar-refractivity contribution in [3.63, 3.8) is 0 Å². The maximum atomic E-state index is 12.8. The van der Waals surface area contributed by atoms with Gasteiger partial charge in [-0.15, -0.1) is 0 Å². The van der Waals surface area contributed by atoms with E-state index >= 15 is 0 Å². The third-order valence-corrected chi connectivity index (χ3v) is 5.64. The number of aryl methyl sites for hydroxylation is 2. The maximum absolute atomic E-state index is 12.8. The molecule has 0 aliphatic carbocycles. The van der Waals surface area contributed by atoms with Gasteiger partial charge in [0, 0.05) is 37.3 Å². The molecule has 0 bridgehead atoms. The molecule has 1 aromatic heterocycles. The van der Waals surface area contributed by atoms with Gasteiger partial charge in [-0.2, -0.15) is 4.98 Å². The summed E-state index contributed by atoms with van der Waals surface area (Å²) in [6.07, 6.45) is 0. The van der Waals surface area contributed by atoms with E-state index in [1.165, 1.54) is 5.56 Å². The zero-order chi connectivity index (χ0) is 22.0. The molecule has 0 radical (unpaired) electrons. The van der Waals surface area contributed by atoms with Gasteiger partial charge in [0.1, 0.15) is 17.4 Å². The van der Waals surface area contributed by atoms with Crippen LogP contribution in [0.4, 0.5) is 5.82 Å². The molecule has 1 aliphatic rings. The molecule has 1 fully saturated rings. The number of ether oxygens (including phenoxy) is 1. The van der Waals surface area contributed by atoms with E-state index in [0.29, 0.717) is 53.5 Å². The Morgan fingerprint density at radius 2 is 1.65 bits per heavy atom. The average Bonchev–Trinajstić information content (AvgIpc) is 2.75. The standard InChI is InChI=1S/C23H22Cl2N4O2/c1-15-3-6-18(7-4-15)31-22-14-21(26-16(2)27-22)28-9-11-29(12-10-28)23(30)19-8-5-17(24)13-20(19)25/h3-8,13-14H,9-12H2,1-2H3. The number of carbonyl (C=O) groups is 1.